The number of hydrogen-bond donors (Lipinski definition) is 1. The molecule has 0 bridgehead atoms. The largest absolute Gasteiger partial charge is 0.355 e. The van der Waals surface area contributed by atoms with E-state index in [9.17, 15) is 9.59 Å². The third-order valence-electron chi connectivity index (χ3n) is 4.65. The summed E-state index contributed by atoms with van der Waals surface area (Å²) in [6.45, 7) is 6.61. The number of H-pyrrole nitrogens is 1. The summed E-state index contributed by atoms with van der Waals surface area (Å²) in [5.41, 5.74) is 2.82. The van der Waals surface area contributed by atoms with E-state index in [2.05, 4.69) is 27.4 Å². The van der Waals surface area contributed by atoms with Crippen molar-refractivity contribution in [2.45, 2.75) is 39.7 Å². The fourth-order valence-electron chi connectivity index (χ4n) is 3.64. The first-order valence-electron chi connectivity index (χ1n) is 7.99. The van der Waals surface area contributed by atoms with Crippen molar-refractivity contribution < 1.29 is 9.59 Å². The summed E-state index contributed by atoms with van der Waals surface area (Å²) >= 11 is 1.76. The van der Waals surface area contributed by atoms with Gasteiger partial charge in [-0.05, 0) is 57.2 Å². The van der Waals surface area contributed by atoms with Crippen molar-refractivity contribution in [1.29, 1.82) is 0 Å². The second-order valence-corrected chi connectivity index (χ2v) is 7.23. The molecule has 0 spiro atoms. The van der Waals surface area contributed by atoms with Gasteiger partial charge in [0.05, 0.1) is 12.2 Å². The second-order valence-electron chi connectivity index (χ2n) is 6.25. The van der Waals surface area contributed by atoms with E-state index in [-0.39, 0.29) is 11.6 Å². The molecule has 2 aromatic rings. The van der Waals surface area contributed by atoms with Crippen molar-refractivity contribution in [2.24, 2.45) is 0 Å². The van der Waals surface area contributed by atoms with Gasteiger partial charge in [-0.3, -0.25) is 14.5 Å². The Labute approximate surface area is 140 Å². The molecule has 0 aliphatic carbocycles. The standard InChI is InChI=1S/C18H22N2O2S/c1-11-17(13(3)21)12(2)19-18(11)15(22)10-20-8-4-6-14(20)16-7-5-9-23-16/h5,7,9,14,19H,4,6,8,10H2,1-3H3. The van der Waals surface area contributed by atoms with E-state index in [1.54, 1.807) is 18.3 Å². The minimum Gasteiger partial charge on any atom is -0.355 e. The molecule has 1 aliphatic rings. The van der Waals surface area contributed by atoms with Crippen LogP contribution in [0, 0.1) is 13.8 Å². The maximum absolute atomic E-state index is 12.7. The van der Waals surface area contributed by atoms with Gasteiger partial charge in [0, 0.05) is 22.2 Å². The molecular formula is C18H22N2O2S. The third kappa shape index (κ3) is 3.03. The quantitative estimate of drug-likeness (QED) is 0.846. The van der Waals surface area contributed by atoms with Crippen molar-refractivity contribution in [1.82, 2.24) is 9.88 Å². The highest BCUT2D eigenvalue weighted by Gasteiger charge is 2.29. The van der Waals surface area contributed by atoms with E-state index in [4.69, 9.17) is 0 Å². The Morgan fingerprint density at radius 1 is 1.39 bits per heavy atom. The summed E-state index contributed by atoms with van der Waals surface area (Å²) in [5, 5.41) is 2.09. The van der Waals surface area contributed by atoms with Crippen LogP contribution in [0.5, 0.6) is 0 Å². The van der Waals surface area contributed by atoms with Gasteiger partial charge in [0.2, 0.25) is 0 Å². The molecule has 3 heterocycles. The molecule has 1 fully saturated rings. The number of carbonyl (C=O) groups excluding carboxylic acids is 2. The molecule has 4 nitrogen and oxygen atoms in total. The number of Topliss-reactive ketones (excluding diaryl/α,β-unsaturated/α-hetero) is 2. The Bertz CT molecular complexity index is 731. The van der Waals surface area contributed by atoms with E-state index in [0.717, 1.165) is 30.6 Å². The molecule has 23 heavy (non-hydrogen) atoms. The number of carbonyl (C=O) groups is 2. The first kappa shape index (κ1) is 16.1. The lowest BCUT2D eigenvalue weighted by atomic mass is 10.0. The Hall–Kier alpha value is -1.72. The van der Waals surface area contributed by atoms with E-state index < -0.39 is 0 Å². The summed E-state index contributed by atoms with van der Waals surface area (Å²) < 4.78 is 0. The van der Waals surface area contributed by atoms with Crippen LogP contribution in [0.15, 0.2) is 17.5 Å². The van der Waals surface area contributed by atoms with E-state index in [1.165, 1.54) is 4.88 Å². The van der Waals surface area contributed by atoms with Gasteiger partial charge < -0.3 is 4.98 Å². The monoisotopic (exact) mass is 330 g/mol. The number of ketones is 2. The zero-order valence-electron chi connectivity index (χ0n) is 13.8. The molecule has 3 rings (SSSR count). The Balaban J connectivity index is 1.79. The molecule has 0 aromatic carbocycles. The smallest absolute Gasteiger partial charge is 0.193 e. The van der Waals surface area contributed by atoms with Gasteiger partial charge in [-0.15, -0.1) is 11.3 Å². The number of rotatable bonds is 5. The highest BCUT2D eigenvalue weighted by molar-refractivity contribution is 7.10. The summed E-state index contributed by atoms with van der Waals surface area (Å²) in [7, 11) is 0. The fourth-order valence-corrected chi connectivity index (χ4v) is 4.53. The molecule has 0 radical (unpaired) electrons. The number of hydrogen-bond acceptors (Lipinski definition) is 4. The van der Waals surface area contributed by atoms with Gasteiger partial charge in [0.15, 0.2) is 11.6 Å². The SMILES string of the molecule is CC(=O)c1c(C)[nH]c(C(=O)CN2CCCC2c2cccs2)c1C. The van der Waals surface area contributed by atoms with Crippen LogP contribution in [-0.2, 0) is 0 Å². The fraction of sp³-hybridized carbons (Fsp3) is 0.444. The van der Waals surface area contributed by atoms with Crippen LogP contribution in [0.4, 0.5) is 0 Å². The Morgan fingerprint density at radius 3 is 2.78 bits per heavy atom. The number of likely N-dealkylation sites (tertiary alicyclic amines) is 1. The normalized spacial score (nSPS) is 18.5. The highest BCUT2D eigenvalue weighted by Crippen LogP contribution is 2.34. The lowest BCUT2D eigenvalue weighted by molar-refractivity contribution is 0.0917. The number of nitrogens with one attached hydrogen (secondary N) is 1. The molecule has 5 heteroatoms. The Kier molecular flexibility index (Phi) is 4.50. The van der Waals surface area contributed by atoms with Gasteiger partial charge in [-0.25, -0.2) is 0 Å². The van der Waals surface area contributed by atoms with Crippen molar-refractivity contribution in [2.75, 3.05) is 13.1 Å². The van der Waals surface area contributed by atoms with E-state index in [0.29, 0.717) is 23.8 Å². The first-order valence-corrected chi connectivity index (χ1v) is 8.87. The van der Waals surface area contributed by atoms with Crippen molar-refractivity contribution in [3.05, 3.63) is 44.9 Å². The zero-order chi connectivity index (χ0) is 16.6. The highest BCUT2D eigenvalue weighted by atomic mass is 32.1. The minimum absolute atomic E-state index is 0.00735. The molecule has 1 N–H and O–H groups in total. The van der Waals surface area contributed by atoms with Gasteiger partial charge in [0.25, 0.3) is 0 Å². The lowest BCUT2D eigenvalue weighted by Gasteiger charge is -2.22. The number of aryl methyl sites for hydroxylation is 1. The van der Waals surface area contributed by atoms with Gasteiger partial charge in [-0.2, -0.15) is 0 Å². The summed E-state index contributed by atoms with van der Waals surface area (Å²) in [6.07, 6.45) is 2.23. The van der Waals surface area contributed by atoms with Crippen LogP contribution in [0.25, 0.3) is 0 Å². The summed E-state index contributed by atoms with van der Waals surface area (Å²) in [6, 6.07) is 4.56. The van der Waals surface area contributed by atoms with E-state index in [1.807, 2.05) is 13.8 Å². The first-order chi connectivity index (χ1) is 11.0. The maximum atomic E-state index is 12.7. The van der Waals surface area contributed by atoms with E-state index >= 15 is 0 Å². The molecule has 1 saturated heterocycles. The van der Waals surface area contributed by atoms with Crippen LogP contribution < -0.4 is 0 Å². The van der Waals surface area contributed by atoms with Crippen molar-refractivity contribution in [3.63, 3.8) is 0 Å². The molecule has 0 saturated carbocycles. The molecule has 1 unspecified atom stereocenters. The molecule has 122 valence electrons. The maximum Gasteiger partial charge on any atom is 0.193 e. The topological polar surface area (TPSA) is 53.2 Å². The molecule has 0 amide bonds. The van der Waals surface area contributed by atoms with Crippen molar-refractivity contribution in [3.8, 4) is 0 Å². The lowest BCUT2D eigenvalue weighted by Crippen LogP contribution is -2.29. The van der Waals surface area contributed by atoms with Gasteiger partial charge in [0.1, 0.15) is 0 Å². The van der Waals surface area contributed by atoms with Gasteiger partial charge >= 0.3 is 0 Å². The zero-order valence-corrected chi connectivity index (χ0v) is 14.6. The summed E-state index contributed by atoms with van der Waals surface area (Å²) in [4.78, 5) is 31.2. The minimum atomic E-state index is 0.00735. The Morgan fingerprint density at radius 2 is 2.17 bits per heavy atom. The molecule has 1 aliphatic heterocycles. The summed E-state index contributed by atoms with van der Waals surface area (Å²) in [5.74, 6) is 0.0782. The second kappa shape index (κ2) is 6.42. The van der Waals surface area contributed by atoms with Crippen LogP contribution in [-0.4, -0.2) is 34.5 Å². The molecular weight excluding hydrogens is 308 g/mol. The predicted octanol–water partition coefficient (Wildman–Crippen LogP) is 3.92. The number of aromatic amines is 1. The molecule has 2 aromatic heterocycles. The van der Waals surface area contributed by atoms with Crippen LogP contribution in [0.1, 0.15) is 62.8 Å². The van der Waals surface area contributed by atoms with Crippen LogP contribution in [0.3, 0.4) is 0 Å². The van der Waals surface area contributed by atoms with Crippen molar-refractivity contribution >= 4 is 22.9 Å². The average Bonchev–Trinajstić information content (AvgIpc) is 3.18. The van der Waals surface area contributed by atoms with Crippen LogP contribution in [0.2, 0.25) is 0 Å². The average molecular weight is 330 g/mol. The number of aromatic nitrogens is 1. The number of thiophene rings is 1. The van der Waals surface area contributed by atoms with Crippen LogP contribution >= 0.6 is 11.3 Å². The predicted molar refractivity (Wildman–Crippen MR) is 92.5 cm³/mol. The molecule has 1 atom stereocenters. The number of nitrogens with zero attached hydrogens (tertiary/aromatic N) is 1. The third-order valence-corrected chi connectivity index (χ3v) is 5.62. The van der Waals surface area contributed by atoms with Gasteiger partial charge in [-0.1, -0.05) is 6.07 Å².